The van der Waals surface area contributed by atoms with Crippen LogP contribution in [0.2, 0.25) is 5.15 Å². The Morgan fingerprint density at radius 3 is 2.60 bits per heavy atom. The summed E-state index contributed by atoms with van der Waals surface area (Å²) in [6.07, 6.45) is 2.14. The van der Waals surface area contributed by atoms with Gasteiger partial charge in [-0.15, -0.1) is 11.3 Å². The first kappa shape index (κ1) is 18.4. The SMILES string of the molecule is Cc1c(C(=O)N(C)C)sc2nc(SCC(=O)N3CCCC3)nc(Cl)c12. The van der Waals surface area contributed by atoms with Crippen LogP contribution in [-0.4, -0.2) is 64.5 Å². The van der Waals surface area contributed by atoms with E-state index < -0.39 is 0 Å². The van der Waals surface area contributed by atoms with Crippen molar-refractivity contribution in [1.82, 2.24) is 19.8 Å². The van der Waals surface area contributed by atoms with E-state index in [9.17, 15) is 9.59 Å². The minimum absolute atomic E-state index is 0.0741. The van der Waals surface area contributed by atoms with Gasteiger partial charge in [0.05, 0.1) is 16.0 Å². The molecule has 6 nitrogen and oxygen atoms in total. The topological polar surface area (TPSA) is 66.4 Å². The Kier molecular flexibility index (Phi) is 5.50. The Balaban J connectivity index is 1.83. The molecule has 0 radical (unpaired) electrons. The first-order valence-electron chi connectivity index (χ1n) is 7.97. The van der Waals surface area contributed by atoms with Crippen LogP contribution in [-0.2, 0) is 4.79 Å². The second-order valence-corrected chi connectivity index (χ2v) is 8.41. The number of likely N-dealkylation sites (tertiary alicyclic amines) is 1. The Hall–Kier alpha value is -1.38. The van der Waals surface area contributed by atoms with E-state index in [0.717, 1.165) is 31.5 Å². The lowest BCUT2D eigenvalue weighted by Crippen LogP contribution is -2.29. The number of amides is 2. The predicted molar refractivity (Wildman–Crippen MR) is 102 cm³/mol. The molecular weight excluding hydrogens is 380 g/mol. The third kappa shape index (κ3) is 3.75. The van der Waals surface area contributed by atoms with E-state index >= 15 is 0 Å². The lowest BCUT2D eigenvalue weighted by molar-refractivity contribution is -0.127. The van der Waals surface area contributed by atoms with E-state index in [-0.39, 0.29) is 11.8 Å². The van der Waals surface area contributed by atoms with E-state index in [2.05, 4.69) is 9.97 Å². The maximum atomic E-state index is 12.3. The molecule has 0 unspecified atom stereocenters. The average Bonchev–Trinajstić information content (AvgIpc) is 3.20. The summed E-state index contributed by atoms with van der Waals surface area (Å²) in [5.41, 5.74) is 0.799. The number of thioether (sulfide) groups is 1. The van der Waals surface area contributed by atoms with Crippen LogP contribution < -0.4 is 0 Å². The van der Waals surface area contributed by atoms with E-state index in [0.29, 0.717) is 31.2 Å². The lowest BCUT2D eigenvalue weighted by atomic mass is 10.2. The number of carbonyl (C=O) groups excluding carboxylic acids is 2. The zero-order valence-electron chi connectivity index (χ0n) is 14.3. The highest BCUT2D eigenvalue weighted by Crippen LogP contribution is 2.35. The molecule has 1 fully saturated rings. The van der Waals surface area contributed by atoms with Crippen molar-refractivity contribution in [2.24, 2.45) is 0 Å². The molecular formula is C16H19ClN4O2S2. The molecule has 1 saturated heterocycles. The molecule has 2 amide bonds. The zero-order chi connectivity index (χ0) is 18.1. The second kappa shape index (κ2) is 7.47. The van der Waals surface area contributed by atoms with Gasteiger partial charge in [-0.3, -0.25) is 9.59 Å². The molecule has 2 aromatic rings. The van der Waals surface area contributed by atoms with Crippen molar-refractivity contribution in [3.8, 4) is 0 Å². The van der Waals surface area contributed by atoms with Crippen LogP contribution in [0.5, 0.6) is 0 Å². The van der Waals surface area contributed by atoms with Gasteiger partial charge < -0.3 is 9.80 Å². The van der Waals surface area contributed by atoms with Crippen LogP contribution in [0.15, 0.2) is 5.16 Å². The largest absolute Gasteiger partial charge is 0.344 e. The summed E-state index contributed by atoms with van der Waals surface area (Å²) in [4.78, 5) is 37.9. The minimum Gasteiger partial charge on any atom is -0.344 e. The van der Waals surface area contributed by atoms with Crippen LogP contribution in [0.4, 0.5) is 0 Å². The molecule has 3 rings (SSSR count). The number of rotatable bonds is 4. The standard InChI is InChI=1S/C16H19ClN4O2S2/c1-9-11-13(17)18-16(24-8-10(22)21-6-4-5-7-21)19-14(11)25-12(9)15(23)20(2)3/h4-8H2,1-3H3. The minimum atomic E-state index is -0.0741. The second-order valence-electron chi connectivity index (χ2n) is 6.11. The smallest absolute Gasteiger partial charge is 0.263 e. The molecule has 0 spiro atoms. The van der Waals surface area contributed by atoms with Gasteiger partial charge in [0.25, 0.3) is 5.91 Å². The number of nitrogens with zero attached hydrogens (tertiary/aromatic N) is 4. The molecule has 1 aliphatic rings. The van der Waals surface area contributed by atoms with Crippen molar-refractivity contribution in [2.45, 2.75) is 24.9 Å². The number of carbonyl (C=O) groups is 2. The van der Waals surface area contributed by atoms with E-state index in [1.165, 1.54) is 28.0 Å². The van der Waals surface area contributed by atoms with E-state index in [4.69, 9.17) is 11.6 Å². The van der Waals surface area contributed by atoms with E-state index in [1.807, 2.05) is 11.8 Å². The van der Waals surface area contributed by atoms with Crippen LogP contribution in [0, 0.1) is 6.92 Å². The number of aryl methyl sites for hydroxylation is 1. The molecule has 0 aromatic carbocycles. The van der Waals surface area contributed by atoms with Gasteiger partial charge in [-0.05, 0) is 25.3 Å². The van der Waals surface area contributed by atoms with Crippen molar-refractivity contribution in [2.75, 3.05) is 32.9 Å². The quantitative estimate of drug-likeness (QED) is 0.450. The predicted octanol–water partition coefficient (Wildman–Crippen LogP) is 3.07. The number of halogens is 1. The number of fused-ring (bicyclic) bond motifs is 1. The van der Waals surface area contributed by atoms with Gasteiger partial charge in [0.15, 0.2) is 5.16 Å². The molecule has 2 aromatic heterocycles. The Morgan fingerprint density at radius 1 is 1.28 bits per heavy atom. The molecule has 25 heavy (non-hydrogen) atoms. The van der Waals surface area contributed by atoms with Gasteiger partial charge in [0.1, 0.15) is 9.98 Å². The van der Waals surface area contributed by atoms with Crippen molar-refractivity contribution in [1.29, 1.82) is 0 Å². The van der Waals surface area contributed by atoms with Gasteiger partial charge in [-0.2, -0.15) is 0 Å². The number of thiophene rings is 1. The van der Waals surface area contributed by atoms with Crippen LogP contribution in [0.25, 0.3) is 10.2 Å². The fourth-order valence-electron chi connectivity index (χ4n) is 2.73. The first-order valence-corrected chi connectivity index (χ1v) is 10.2. The highest BCUT2D eigenvalue weighted by Gasteiger charge is 2.22. The zero-order valence-corrected chi connectivity index (χ0v) is 16.7. The van der Waals surface area contributed by atoms with Crippen molar-refractivity contribution in [3.63, 3.8) is 0 Å². The summed E-state index contributed by atoms with van der Waals surface area (Å²) in [7, 11) is 3.43. The first-order chi connectivity index (χ1) is 11.9. The molecule has 0 N–H and O–H groups in total. The monoisotopic (exact) mass is 398 g/mol. The van der Waals surface area contributed by atoms with Gasteiger partial charge in [0.2, 0.25) is 5.91 Å². The summed E-state index contributed by atoms with van der Waals surface area (Å²) in [5.74, 6) is 0.332. The summed E-state index contributed by atoms with van der Waals surface area (Å²) < 4.78 is 0. The third-order valence-corrected chi connectivity index (χ3v) is 6.39. The van der Waals surface area contributed by atoms with Gasteiger partial charge in [-0.25, -0.2) is 9.97 Å². The number of hydrogen-bond donors (Lipinski definition) is 0. The molecule has 0 bridgehead atoms. The lowest BCUT2D eigenvalue weighted by Gasteiger charge is -2.14. The molecule has 9 heteroatoms. The number of aromatic nitrogens is 2. The van der Waals surface area contributed by atoms with Crippen LogP contribution in [0.1, 0.15) is 28.1 Å². The van der Waals surface area contributed by atoms with Crippen LogP contribution >= 0.6 is 34.7 Å². The summed E-state index contributed by atoms with van der Waals surface area (Å²) in [6, 6.07) is 0. The summed E-state index contributed by atoms with van der Waals surface area (Å²) in [6.45, 7) is 3.52. The average molecular weight is 399 g/mol. The van der Waals surface area contributed by atoms with Gasteiger partial charge in [0, 0.05) is 27.2 Å². The molecule has 1 aliphatic heterocycles. The fourth-order valence-corrected chi connectivity index (χ4v) is 5.15. The Bertz CT molecular complexity index is 831. The van der Waals surface area contributed by atoms with Gasteiger partial charge in [-0.1, -0.05) is 23.4 Å². The number of hydrogen-bond acceptors (Lipinski definition) is 6. The maximum Gasteiger partial charge on any atom is 0.263 e. The highest BCUT2D eigenvalue weighted by molar-refractivity contribution is 7.99. The normalized spacial score (nSPS) is 14.3. The fraction of sp³-hybridized carbons (Fsp3) is 0.500. The molecule has 134 valence electrons. The van der Waals surface area contributed by atoms with Crippen LogP contribution in [0.3, 0.4) is 0 Å². The van der Waals surface area contributed by atoms with Crippen molar-refractivity contribution >= 4 is 56.7 Å². The molecule has 0 saturated carbocycles. The molecule has 0 aliphatic carbocycles. The Morgan fingerprint density at radius 2 is 1.96 bits per heavy atom. The molecule has 3 heterocycles. The van der Waals surface area contributed by atoms with Gasteiger partial charge >= 0.3 is 0 Å². The Labute approximate surface area is 159 Å². The highest BCUT2D eigenvalue weighted by atomic mass is 35.5. The van der Waals surface area contributed by atoms with Crippen molar-refractivity contribution in [3.05, 3.63) is 15.6 Å². The summed E-state index contributed by atoms with van der Waals surface area (Å²) >= 11 is 8.93. The maximum absolute atomic E-state index is 12.3. The van der Waals surface area contributed by atoms with E-state index in [1.54, 1.807) is 14.1 Å². The molecule has 0 atom stereocenters. The third-order valence-electron chi connectivity index (χ3n) is 4.11. The summed E-state index contributed by atoms with van der Waals surface area (Å²) in [5, 5.41) is 1.51. The van der Waals surface area contributed by atoms with Crippen molar-refractivity contribution < 1.29 is 9.59 Å².